The molecular weight excluding hydrogens is 399 g/mol. The molecule has 0 radical (unpaired) electrons. The molecule has 1 saturated heterocycles. The van der Waals surface area contributed by atoms with Crippen LogP contribution in [0.2, 0.25) is 0 Å². The summed E-state index contributed by atoms with van der Waals surface area (Å²) in [6, 6.07) is 6.30. The smallest absolute Gasteiger partial charge is 0.229 e. The van der Waals surface area contributed by atoms with Gasteiger partial charge in [0.15, 0.2) is 11.6 Å². The predicted molar refractivity (Wildman–Crippen MR) is 113 cm³/mol. The molecule has 2 fully saturated rings. The predicted octanol–water partition coefficient (Wildman–Crippen LogP) is 3.32. The molecule has 0 atom stereocenters. The van der Waals surface area contributed by atoms with Crippen LogP contribution in [-0.4, -0.2) is 53.6 Å². The number of halogens is 1. The summed E-state index contributed by atoms with van der Waals surface area (Å²) >= 11 is 0. The summed E-state index contributed by atoms with van der Waals surface area (Å²) in [7, 11) is 0. The van der Waals surface area contributed by atoms with E-state index in [0.717, 1.165) is 36.9 Å². The first-order valence-corrected chi connectivity index (χ1v) is 11.1. The number of benzene rings is 1. The standard InChI is InChI=1S/C23H27FN4O3/c24-18-7-3-4-8-20(18)31-21-17-15-28(22(29)16-5-1-2-6-16)10-9-19(17)25-23(26-21)27-11-13-30-14-12-27/h3-4,7-8,16H,1-2,5-6,9-15H2. The zero-order valence-corrected chi connectivity index (χ0v) is 17.6. The lowest BCUT2D eigenvalue weighted by Crippen LogP contribution is -2.41. The maximum atomic E-state index is 14.3. The normalized spacial score (nSPS) is 19.4. The highest BCUT2D eigenvalue weighted by molar-refractivity contribution is 5.79. The van der Waals surface area contributed by atoms with Crippen molar-refractivity contribution in [2.75, 3.05) is 37.7 Å². The van der Waals surface area contributed by atoms with Crippen LogP contribution in [0.1, 0.15) is 36.9 Å². The number of anilines is 1. The Morgan fingerprint density at radius 2 is 1.87 bits per heavy atom. The van der Waals surface area contributed by atoms with Gasteiger partial charge in [-0.2, -0.15) is 4.98 Å². The summed E-state index contributed by atoms with van der Waals surface area (Å²) in [6.07, 6.45) is 4.81. The lowest BCUT2D eigenvalue weighted by Gasteiger charge is -2.33. The van der Waals surface area contributed by atoms with Gasteiger partial charge >= 0.3 is 0 Å². The van der Waals surface area contributed by atoms with E-state index in [1.165, 1.54) is 6.07 Å². The monoisotopic (exact) mass is 426 g/mol. The highest BCUT2D eigenvalue weighted by Crippen LogP contribution is 2.34. The lowest BCUT2D eigenvalue weighted by atomic mass is 10.0. The van der Waals surface area contributed by atoms with Gasteiger partial charge in [-0.05, 0) is 25.0 Å². The highest BCUT2D eigenvalue weighted by atomic mass is 19.1. The fourth-order valence-electron chi connectivity index (χ4n) is 4.61. The molecule has 5 rings (SSSR count). The SMILES string of the molecule is O=C(C1CCCC1)N1CCc2nc(N3CCOCC3)nc(Oc3ccccc3F)c2C1. The Morgan fingerprint density at radius 1 is 1.10 bits per heavy atom. The molecule has 3 aliphatic rings. The van der Waals surface area contributed by atoms with Crippen molar-refractivity contribution >= 4 is 11.9 Å². The molecule has 2 aromatic rings. The largest absolute Gasteiger partial charge is 0.435 e. The van der Waals surface area contributed by atoms with Gasteiger partial charge in [-0.15, -0.1) is 0 Å². The number of nitrogens with zero attached hydrogens (tertiary/aromatic N) is 4. The zero-order chi connectivity index (χ0) is 21.2. The Labute approximate surface area is 181 Å². The quantitative estimate of drug-likeness (QED) is 0.747. The molecule has 2 aliphatic heterocycles. The number of amides is 1. The van der Waals surface area contributed by atoms with Gasteiger partial charge in [0.25, 0.3) is 0 Å². The highest BCUT2D eigenvalue weighted by Gasteiger charge is 2.32. The number of aromatic nitrogens is 2. The van der Waals surface area contributed by atoms with E-state index in [0.29, 0.717) is 57.6 Å². The molecule has 1 aliphatic carbocycles. The third-order valence-electron chi connectivity index (χ3n) is 6.36. The molecule has 1 aromatic heterocycles. The van der Waals surface area contributed by atoms with Crippen LogP contribution in [0.4, 0.5) is 10.3 Å². The van der Waals surface area contributed by atoms with Crippen LogP contribution in [0.15, 0.2) is 24.3 Å². The topological polar surface area (TPSA) is 67.8 Å². The first-order valence-electron chi connectivity index (χ1n) is 11.1. The van der Waals surface area contributed by atoms with Crippen molar-refractivity contribution in [3.63, 3.8) is 0 Å². The van der Waals surface area contributed by atoms with Crippen LogP contribution in [0.3, 0.4) is 0 Å². The average Bonchev–Trinajstić information content (AvgIpc) is 3.35. The molecule has 3 heterocycles. The van der Waals surface area contributed by atoms with Gasteiger partial charge in [-0.25, -0.2) is 9.37 Å². The summed E-state index contributed by atoms with van der Waals surface area (Å²) in [5, 5.41) is 0. The van der Waals surface area contributed by atoms with Crippen LogP contribution in [0.5, 0.6) is 11.6 Å². The number of para-hydroxylation sites is 1. The van der Waals surface area contributed by atoms with E-state index < -0.39 is 5.82 Å². The van der Waals surface area contributed by atoms with E-state index in [9.17, 15) is 9.18 Å². The number of hydrogen-bond donors (Lipinski definition) is 0. The fraction of sp³-hybridized carbons (Fsp3) is 0.522. The van der Waals surface area contributed by atoms with Gasteiger partial charge in [0.1, 0.15) is 0 Å². The first kappa shape index (κ1) is 20.2. The van der Waals surface area contributed by atoms with Crippen LogP contribution in [0.25, 0.3) is 0 Å². The van der Waals surface area contributed by atoms with Crippen LogP contribution in [0, 0.1) is 11.7 Å². The number of carbonyl (C=O) groups excluding carboxylic acids is 1. The summed E-state index contributed by atoms with van der Waals surface area (Å²) in [5.74, 6) is 0.904. The molecule has 0 bridgehead atoms. The third kappa shape index (κ3) is 4.21. The molecule has 0 spiro atoms. The van der Waals surface area contributed by atoms with Crippen LogP contribution >= 0.6 is 0 Å². The minimum atomic E-state index is -0.447. The number of morpholine rings is 1. The number of carbonyl (C=O) groups is 1. The van der Waals surface area contributed by atoms with E-state index in [4.69, 9.17) is 14.5 Å². The second kappa shape index (κ2) is 8.78. The van der Waals surface area contributed by atoms with Gasteiger partial charge < -0.3 is 19.3 Å². The van der Waals surface area contributed by atoms with Gasteiger partial charge in [-0.3, -0.25) is 4.79 Å². The second-order valence-corrected chi connectivity index (χ2v) is 8.38. The molecule has 0 unspecified atom stereocenters. The number of hydrogen-bond acceptors (Lipinski definition) is 6. The Balaban J connectivity index is 1.47. The fourth-order valence-corrected chi connectivity index (χ4v) is 4.61. The van der Waals surface area contributed by atoms with Crippen molar-refractivity contribution < 1.29 is 18.7 Å². The average molecular weight is 426 g/mol. The minimum absolute atomic E-state index is 0.117. The number of fused-ring (bicyclic) bond motifs is 1. The zero-order valence-electron chi connectivity index (χ0n) is 17.6. The van der Waals surface area contributed by atoms with Gasteiger partial charge in [0.05, 0.1) is 31.0 Å². The van der Waals surface area contributed by atoms with Crippen LogP contribution in [-0.2, 0) is 22.5 Å². The molecular formula is C23H27FN4O3. The molecule has 1 aromatic carbocycles. The molecule has 31 heavy (non-hydrogen) atoms. The lowest BCUT2D eigenvalue weighted by molar-refractivity contribution is -0.136. The van der Waals surface area contributed by atoms with Gasteiger partial charge in [0, 0.05) is 32.0 Å². The van der Waals surface area contributed by atoms with Crippen molar-refractivity contribution in [3.05, 3.63) is 41.3 Å². The van der Waals surface area contributed by atoms with Crippen LogP contribution < -0.4 is 9.64 Å². The summed E-state index contributed by atoms with van der Waals surface area (Å²) in [5.41, 5.74) is 1.65. The van der Waals surface area contributed by atoms with Crippen molar-refractivity contribution in [1.82, 2.24) is 14.9 Å². The van der Waals surface area contributed by atoms with E-state index in [2.05, 4.69) is 9.88 Å². The van der Waals surface area contributed by atoms with Gasteiger partial charge in [-0.1, -0.05) is 25.0 Å². The van der Waals surface area contributed by atoms with Crippen molar-refractivity contribution in [2.45, 2.75) is 38.6 Å². The molecule has 1 saturated carbocycles. The Morgan fingerprint density at radius 3 is 2.65 bits per heavy atom. The van der Waals surface area contributed by atoms with Gasteiger partial charge in [0.2, 0.25) is 17.7 Å². The molecule has 164 valence electrons. The first-order chi connectivity index (χ1) is 15.2. The van der Waals surface area contributed by atoms with Crippen molar-refractivity contribution in [1.29, 1.82) is 0 Å². The molecule has 7 nitrogen and oxygen atoms in total. The minimum Gasteiger partial charge on any atom is -0.435 e. The maximum absolute atomic E-state index is 14.3. The van der Waals surface area contributed by atoms with E-state index in [-0.39, 0.29) is 17.6 Å². The molecule has 8 heteroatoms. The van der Waals surface area contributed by atoms with E-state index >= 15 is 0 Å². The Bertz CT molecular complexity index is 958. The van der Waals surface area contributed by atoms with E-state index in [1.807, 2.05) is 4.90 Å². The maximum Gasteiger partial charge on any atom is 0.229 e. The summed E-state index contributed by atoms with van der Waals surface area (Å²) in [6.45, 7) is 3.68. The second-order valence-electron chi connectivity index (χ2n) is 8.38. The number of rotatable bonds is 4. The third-order valence-corrected chi connectivity index (χ3v) is 6.36. The molecule has 0 N–H and O–H groups in total. The molecule has 1 amide bonds. The summed E-state index contributed by atoms with van der Waals surface area (Å²) in [4.78, 5) is 26.4. The number of ether oxygens (including phenoxy) is 2. The van der Waals surface area contributed by atoms with E-state index in [1.54, 1.807) is 18.2 Å². The summed E-state index contributed by atoms with van der Waals surface area (Å²) < 4.78 is 25.7. The Hall–Kier alpha value is -2.74. The van der Waals surface area contributed by atoms with Crippen molar-refractivity contribution in [2.24, 2.45) is 5.92 Å². The van der Waals surface area contributed by atoms with Crippen molar-refractivity contribution in [3.8, 4) is 11.6 Å². The Kier molecular flexibility index (Phi) is 5.72.